The number of quaternary nitrogens is 1. The zero-order valence-corrected chi connectivity index (χ0v) is 14.4. The van der Waals surface area contributed by atoms with Crippen LogP contribution in [0.15, 0.2) is 29.6 Å². The average Bonchev–Trinajstić information content (AvgIpc) is 2.95. The molecule has 116 valence electrons. The molecule has 2 aromatic rings. The van der Waals surface area contributed by atoms with Crippen molar-refractivity contribution in [3.8, 4) is 0 Å². The standard InChI is InChI=1S/C17H19ClN2OS/c1-11-3-4-13(9-15(11)18)19-17(21)10-20-7-5-16-14(12(20)2)6-8-22-16/h3-4,6,8-9,12H,5,7,10H2,1-2H3,(H,19,21)/p+1/t12-/m1/s1. The van der Waals surface area contributed by atoms with E-state index in [1.165, 1.54) is 15.3 Å². The number of amides is 1. The minimum absolute atomic E-state index is 0.0421. The zero-order valence-electron chi connectivity index (χ0n) is 12.8. The highest BCUT2D eigenvalue weighted by molar-refractivity contribution is 7.10. The molecule has 1 amide bonds. The lowest BCUT2D eigenvalue weighted by Gasteiger charge is -2.29. The molecule has 2 atom stereocenters. The van der Waals surface area contributed by atoms with Crippen LogP contribution < -0.4 is 10.2 Å². The molecule has 2 N–H and O–H groups in total. The highest BCUT2D eigenvalue weighted by atomic mass is 35.5. The number of rotatable bonds is 3. The topological polar surface area (TPSA) is 33.5 Å². The normalized spacial score (nSPS) is 20.5. The largest absolute Gasteiger partial charge is 0.321 e. The third kappa shape index (κ3) is 3.19. The first-order chi connectivity index (χ1) is 10.5. The van der Waals surface area contributed by atoms with Gasteiger partial charge in [-0.05, 0) is 43.0 Å². The number of carbonyl (C=O) groups excluding carboxylic acids is 1. The minimum Gasteiger partial charge on any atom is -0.321 e. The van der Waals surface area contributed by atoms with Gasteiger partial charge in [0, 0.05) is 27.6 Å². The Morgan fingerprint density at radius 3 is 3.05 bits per heavy atom. The molecule has 0 aliphatic carbocycles. The summed E-state index contributed by atoms with van der Waals surface area (Å²) < 4.78 is 0. The van der Waals surface area contributed by atoms with Crippen LogP contribution in [0.3, 0.4) is 0 Å². The molecule has 3 rings (SSSR count). The van der Waals surface area contributed by atoms with Crippen LogP contribution in [0, 0.1) is 6.92 Å². The van der Waals surface area contributed by atoms with Crippen molar-refractivity contribution >= 4 is 34.5 Å². The highest BCUT2D eigenvalue weighted by Gasteiger charge is 2.29. The fraction of sp³-hybridized carbons (Fsp3) is 0.353. The van der Waals surface area contributed by atoms with Gasteiger partial charge in [-0.1, -0.05) is 17.7 Å². The van der Waals surface area contributed by atoms with Crippen molar-refractivity contribution < 1.29 is 9.69 Å². The number of anilines is 1. The lowest BCUT2D eigenvalue weighted by Crippen LogP contribution is -3.14. The number of hydrogen-bond donors (Lipinski definition) is 2. The Morgan fingerprint density at radius 2 is 2.27 bits per heavy atom. The Bertz CT molecular complexity index is 698. The number of thiophene rings is 1. The van der Waals surface area contributed by atoms with Crippen molar-refractivity contribution in [3.05, 3.63) is 50.7 Å². The van der Waals surface area contributed by atoms with Gasteiger partial charge < -0.3 is 10.2 Å². The number of benzene rings is 1. The lowest BCUT2D eigenvalue weighted by atomic mass is 10.0. The number of halogens is 1. The number of hydrogen-bond acceptors (Lipinski definition) is 2. The summed E-state index contributed by atoms with van der Waals surface area (Å²) >= 11 is 7.93. The van der Waals surface area contributed by atoms with Gasteiger partial charge in [0.2, 0.25) is 0 Å². The molecule has 0 saturated heterocycles. The quantitative estimate of drug-likeness (QED) is 0.888. The van der Waals surface area contributed by atoms with Gasteiger partial charge in [-0.2, -0.15) is 0 Å². The Balaban J connectivity index is 1.64. The van der Waals surface area contributed by atoms with E-state index in [1.54, 1.807) is 6.07 Å². The van der Waals surface area contributed by atoms with Crippen LogP contribution in [0.1, 0.15) is 29.0 Å². The van der Waals surface area contributed by atoms with Gasteiger partial charge in [0.25, 0.3) is 5.91 Å². The molecular formula is C17H20ClN2OS+. The Hall–Kier alpha value is -1.36. The van der Waals surface area contributed by atoms with Gasteiger partial charge in [-0.25, -0.2) is 0 Å². The van der Waals surface area contributed by atoms with E-state index in [0.29, 0.717) is 17.6 Å². The molecule has 1 aromatic heterocycles. The fourth-order valence-electron chi connectivity index (χ4n) is 2.97. The Kier molecular flexibility index (Phi) is 4.52. The molecule has 0 fully saturated rings. The third-order valence-corrected chi connectivity index (χ3v) is 5.78. The van der Waals surface area contributed by atoms with Gasteiger partial charge >= 0.3 is 0 Å². The van der Waals surface area contributed by atoms with Gasteiger partial charge in [0.15, 0.2) is 6.54 Å². The summed E-state index contributed by atoms with van der Waals surface area (Å²) in [7, 11) is 0. The second kappa shape index (κ2) is 6.41. The highest BCUT2D eigenvalue weighted by Crippen LogP contribution is 2.24. The molecule has 1 aliphatic rings. The number of fused-ring (bicyclic) bond motifs is 1. The van der Waals surface area contributed by atoms with Crippen LogP contribution in [-0.4, -0.2) is 19.0 Å². The molecule has 0 bridgehead atoms. The maximum atomic E-state index is 12.3. The predicted molar refractivity (Wildman–Crippen MR) is 92.0 cm³/mol. The monoisotopic (exact) mass is 335 g/mol. The van der Waals surface area contributed by atoms with Crippen molar-refractivity contribution in [3.63, 3.8) is 0 Å². The summed E-state index contributed by atoms with van der Waals surface area (Å²) in [5, 5.41) is 5.79. The van der Waals surface area contributed by atoms with E-state index in [0.717, 1.165) is 24.2 Å². The molecule has 2 heterocycles. The van der Waals surface area contributed by atoms with Gasteiger partial charge in [-0.3, -0.25) is 4.79 Å². The van der Waals surface area contributed by atoms with Crippen molar-refractivity contribution in [2.75, 3.05) is 18.4 Å². The summed E-state index contributed by atoms with van der Waals surface area (Å²) in [5.41, 5.74) is 3.18. The van der Waals surface area contributed by atoms with E-state index in [-0.39, 0.29) is 5.91 Å². The Morgan fingerprint density at radius 1 is 1.45 bits per heavy atom. The van der Waals surface area contributed by atoms with Gasteiger partial charge in [0.1, 0.15) is 6.04 Å². The summed E-state index contributed by atoms with van der Waals surface area (Å²) in [6, 6.07) is 8.20. The molecule has 0 saturated carbocycles. The van der Waals surface area contributed by atoms with Crippen LogP contribution in [0.4, 0.5) is 5.69 Å². The molecule has 1 unspecified atom stereocenters. The minimum atomic E-state index is 0.0421. The van der Waals surface area contributed by atoms with E-state index in [1.807, 2.05) is 30.4 Å². The predicted octanol–water partition coefficient (Wildman–Crippen LogP) is 2.85. The van der Waals surface area contributed by atoms with Crippen LogP contribution in [0.2, 0.25) is 5.02 Å². The smallest absolute Gasteiger partial charge is 0.279 e. The molecule has 0 radical (unpaired) electrons. The second-order valence-corrected chi connectivity index (χ2v) is 7.28. The third-order valence-electron chi connectivity index (χ3n) is 4.38. The summed E-state index contributed by atoms with van der Waals surface area (Å²) in [5.74, 6) is 0.0421. The molecule has 5 heteroatoms. The fourth-order valence-corrected chi connectivity index (χ4v) is 4.13. The summed E-state index contributed by atoms with van der Waals surface area (Å²) in [4.78, 5) is 15.1. The molecule has 1 aliphatic heterocycles. The number of carbonyl (C=O) groups is 1. The lowest BCUT2D eigenvalue weighted by molar-refractivity contribution is -0.923. The van der Waals surface area contributed by atoms with Crippen LogP contribution in [0.5, 0.6) is 0 Å². The van der Waals surface area contributed by atoms with Crippen molar-refractivity contribution in [1.29, 1.82) is 0 Å². The Labute approximate surface area is 139 Å². The van der Waals surface area contributed by atoms with E-state index in [4.69, 9.17) is 11.6 Å². The van der Waals surface area contributed by atoms with Crippen molar-refractivity contribution in [1.82, 2.24) is 0 Å². The van der Waals surface area contributed by atoms with Gasteiger partial charge in [0.05, 0.1) is 6.54 Å². The van der Waals surface area contributed by atoms with Crippen molar-refractivity contribution in [2.24, 2.45) is 0 Å². The molecular weight excluding hydrogens is 316 g/mol. The maximum Gasteiger partial charge on any atom is 0.279 e. The zero-order chi connectivity index (χ0) is 15.7. The van der Waals surface area contributed by atoms with Crippen LogP contribution in [0.25, 0.3) is 0 Å². The van der Waals surface area contributed by atoms with E-state index in [2.05, 4.69) is 23.7 Å². The SMILES string of the molecule is Cc1ccc(NC(=O)C[NH+]2CCc3sccc3[C@H]2C)cc1Cl. The average molecular weight is 336 g/mol. The number of aryl methyl sites for hydroxylation is 1. The van der Waals surface area contributed by atoms with E-state index in [9.17, 15) is 4.79 Å². The first-order valence-electron chi connectivity index (χ1n) is 7.51. The van der Waals surface area contributed by atoms with E-state index < -0.39 is 0 Å². The first-order valence-corrected chi connectivity index (χ1v) is 8.77. The van der Waals surface area contributed by atoms with Crippen molar-refractivity contribution in [2.45, 2.75) is 26.3 Å². The molecule has 3 nitrogen and oxygen atoms in total. The first kappa shape index (κ1) is 15.5. The summed E-state index contributed by atoms with van der Waals surface area (Å²) in [6.07, 6.45) is 1.07. The second-order valence-electron chi connectivity index (χ2n) is 5.87. The maximum absolute atomic E-state index is 12.3. The summed E-state index contributed by atoms with van der Waals surface area (Å²) in [6.45, 7) is 5.65. The van der Waals surface area contributed by atoms with Crippen LogP contribution >= 0.6 is 22.9 Å². The van der Waals surface area contributed by atoms with Crippen LogP contribution in [-0.2, 0) is 11.2 Å². The number of nitrogens with one attached hydrogen (secondary N) is 2. The van der Waals surface area contributed by atoms with E-state index >= 15 is 0 Å². The molecule has 22 heavy (non-hydrogen) atoms. The molecule has 0 spiro atoms. The van der Waals surface area contributed by atoms with Gasteiger partial charge in [-0.15, -0.1) is 11.3 Å². The molecule has 1 aromatic carbocycles.